The van der Waals surface area contributed by atoms with E-state index in [1.54, 1.807) is 6.20 Å². The number of allylic oxidation sites excluding steroid dienone is 1. The minimum Gasteiger partial charge on any atom is -0.350 e. The Bertz CT molecular complexity index is 754. The number of aryl methyl sites for hydroxylation is 2. The molecule has 0 aliphatic carbocycles. The minimum absolute atomic E-state index is 0.548. The molecule has 0 saturated heterocycles. The molecule has 1 aromatic heterocycles. The van der Waals surface area contributed by atoms with Crippen molar-refractivity contribution >= 4 is 16.6 Å². The third-order valence-electron chi connectivity index (χ3n) is 3.77. The molecule has 0 unspecified atom stereocenters. The van der Waals surface area contributed by atoms with Gasteiger partial charge in [0.2, 0.25) is 0 Å². The van der Waals surface area contributed by atoms with Gasteiger partial charge >= 0.3 is 0 Å². The van der Waals surface area contributed by atoms with E-state index in [1.165, 1.54) is 12.7 Å². The van der Waals surface area contributed by atoms with Crippen molar-refractivity contribution in [2.45, 2.75) is 20.8 Å². The maximum absolute atomic E-state index is 5.28. The van der Waals surface area contributed by atoms with Crippen molar-refractivity contribution in [2.75, 3.05) is 14.2 Å². The summed E-state index contributed by atoms with van der Waals surface area (Å²) in [6.45, 7) is 9.85. The summed E-state index contributed by atoms with van der Waals surface area (Å²) in [5.74, 6) is 0.548. The van der Waals surface area contributed by atoms with E-state index in [1.807, 2.05) is 50.1 Å². The van der Waals surface area contributed by atoms with Gasteiger partial charge in [-0.15, -0.1) is 0 Å². The SMILES string of the molecule is C=CN(C)/C(=C\C)c1cc(OOOC)c2cc(C)c(C)cc2n1. The van der Waals surface area contributed by atoms with Crippen molar-refractivity contribution in [2.24, 2.45) is 0 Å². The first-order valence-corrected chi connectivity index (χ1v) is 7.33. The van der Waals surface area contributed by atoms with Crippen LogP contribution in [0.15, 0.2) is 37.1 Å². The minimum atomic E-state index is 0.548. The molecule has 0 fully saturated rings. The monoisotopic (exact) mass is 314 g/mol. The van der Waals surface area contributed by atoms with Crippen LogP contribution in [0.2, 0.25) is 0 Å². The zero-order valence-electron chi connectivity index (χ0n) is 14.2. The van der Waals surface area contributed by atoms with E-state index in [-0.39, 0.29) is 0 Å². The summed E-state index contributed by atoms with van der Waals surface area (Å²) in [5, 5.41) is 5.54. The Kier molecular flexibility index (Phi) is 5.36. The summed E-state index contributed by atoms with van der Waals surface area (Å²) in [6.07, 6.45) is 3.70. The molecule has 0 atom stereocenters. The van der Waals surface area contributed by atoms with Crippen molar-refractivity contribution in [3.8, 4) is 5.75 Å². The van der Waals surface area contributed by atoms with Crippen LogP contribution in [0.5, 0.6) is 5.75 Å². The Labute approximate surface area is 136 Å². The number of pyridine rings is 1. The molecule has 5 nitrogen and oxygen atoms in total. The second-order valence-electron chi connectivity index (χ2n) is 5.24. The van der Waals surface area contributed by atoms with Gasteiger partial charge in [0, 0.05) is 18.5 Å². The first kappa shape index (κ1) is 17.0. The maximum atomic E-state index is 5.28. The number of benzene rings is 1. The number of aromatic nitrogens is 1. The van der Waals surface area contributed by atoms with Gasteiger partial charge in [-0.1, -0.05) is 12.7 Å². The smallest absolute Gasteiger partial charge is 0.180 e. The van der Waals surface area contributed by atoms with E-state index < -0.39 is 0 Å². The number of hydrogen-bond acceptors (Lipinski definition) is 5. The zero-order chi connectivity index (χ0) is 17.0. The van der Waals surface area contributed by atoms with Crippen molar-refractivity contribution < 1.29 is 14.8 Å². The van der Waals surface area contributed by atoms with E-state index >= 15 is 0 Å². The highest BCUT2D eigenvalue weighted by Gasteiger charge is 2.14. The molecule has 23 heavy (non-hydrogen) atoms. The Morgan fingerprint density at radius 2 is 1.91 bits per heavy atom. The summed E-state index contributed by atoms with van der Waals surface area (Å²) < 4.78 is 0. The number of rotatable bonds is 6. The molecular formula is C18H22N2O3. The van der Waals surface area contributed by atoms with Gasteiger partial charge in [0.25, 0.3) is 0 Å². The number of nitrogens with zero attached hydrogens (tertiary/aromatic N) is 2. The van der Waals surface area contributed by atoms with Crippen LogP contribution < -0.4 is 4.89 Å². The maximum Gasteiger partial charge on any atom is 0.180 e. The Morgan fingerprint density at radius 1 is 1.22 bits per heavy atom. The first-order chi connectivity index (χ1) is 11.0. The fourth-order valence-electron chi connectivity index (χ4n) is 2.36. The van der Waals surface area contributed by atoms with Crippen LogP contribution in [-0.4, -0.2) is 24.0 Å². The molecule has 122 valence electrons. The quantitative estimate of drug-likeness (QED) is 0.592. The van der Waals surface area contributed by atoms with Crippen molar-refractivity contribution in [1.29, 1.82) is 0 Å². The fourth-order valence-corrected chi connectivity index (χ4v) is 2.36. The predicted octanol–water partition coefficient (Wildman–Crippen LogP) is 4.16. The molecule has 2 rings (SSSR count). The summed E-state index contributed by atoms with van der Waals surface area (Å²) in [6, 6.07) is 5.89. The van der Waals surface area contributed by atoms with Gasteiger partial charge in [0.05, 0.1) is 24.0 Å². The average molecular weight is 314 g/mol. The molecule has 0 spiro atoms. The molecule has 1 aromatic carbocycles. The summed E-state index contributed by atoms with van der Waals surface area (Å²) >= 11 is 0. The van der Waals surface area contributed by atoms with Gasteiger partial charge < -0.3 is 9.79 Å². The van der Waals surface area contributed by atoms with Crippen LogP contribution in [0.1, 0.15) is 23.7 Å². The van der Waals surface area contributed by atoms with Gasteiger partial charge in [-0.25, -0.2) is 4.98 Å². The molecule has 5 heteroatoms. The van der Waals surface area contributed by atoms with Crippen molar-refractivity contribution in [1.82, 2.24) is 9.88 Å². The van der Waals surface area contributed by atoms with Crippen LogP contribution in [0.3, 0.4) is 0 Å². The lowest BCUT2D eigenvalue weighted by Gasteiger charge is -2.18. The fraction of sp³-hybridized carbons (Fsp3) is 0.278. The second-order valence-corrected chi connectivity index (χ2v) is 5.24. The molecular weight excluding hydrogens is 292 g/mol. The van der Waals surface area contributed by atoms with Gasteiger partial charge in [-0.05, 0) is 55.3 Å². The predicted molar refractivity (Wildman–Crippen MR) is 91.6 cm³/mol. The molecule has 0 N–H and O–H groups in total. The summed E-state index contributed by atoms with van der Waals surface area (Å²) in [4.78, 5) is 16.5. The van der Waals surface area contributed by atoms with Crippen LogP contribution in [0.4, 0.5) is 0 Å². The highest BCUT2D eigenvalue weighted by atomic mass is 17.5. The van der Waals surface area contributed by atoms with Gasteiger partial charge in [0.1, 0.15) is 0 Å². The van der Waals surface area contributed by atoms with Crippen LogP contribution in [0.25, 0.3) is 16.6 Å². The normalized spacial score (nSPS) is 11.6. The zero-order valence-corrected chi connectivity index (χ0v) is 14.2. The topological polar surface area (TPSA) is 43.8 Å². The van der Waals surface area contributed by atoms with Crippen LogP contribution in [-0.2, 0) is 9.93 Å². The largest absolute Gasteiger partial charge is 0.350 e. The molecule has 0 aliphatic heterocycles. The summed E-state index contributed by atoms with van der Waals surface area (Å²) in [5.41, 5.74) is 4.84. The standard InChI is InChI=1S/C18H22N2O3/c1-7-17(20(5)8-2)16-11-18(22-23-21-6)14-9-12(3)13(4)10-15(14)19-16/h7-11H,2H2,1,3-6H3/b17-7-. The van der Waals surface area contributed by atoms with Crippen LogP contribution in [0, 0.1) is 13.8 Å². The van der Waals surface area contributed by atoms with E-state index in [4.69, 9.17) is 9.87 Å². The third kappa shape index (κ3) is 3.52. The lowest BCUT2D eigenvalue weighted by molar-refractivity contribution is -0.453. The Morgan fingerprint density at radius 3 is 2.52 bits per heavy atom. The van der Waals surface area contributed by atoms with Crippen LogP contribution >= 0.6 is 0 Å². The number of hydrogen-bond donors (Lipinski definition) is 0. The third-order valence-corrected chi connectivity index (χ3v) is 3.77. The van der Waals surface area contributed by atoms with E-state index in [0.29, 0.717) is 5.75 Å². The summed E-state index contributed by atoms with van der Waals surface area (Å²) in [7, 11) is 3.31. The molecule has 0 bridgehead atoms. The molecule has 0 radical (unpaired) electrons. The van der Waals surface area contributed by atoms with E-state index in [0.717, 1.165) is 27.9 Å². The Hall–Kier alpha value is -2.37. The molecule has 0 aliphatic rings. The van der Waals surface area contributed by atoms with E-state index in [2.05, 4.69) is 23.4 Å². The van der Waals surface area contributed by atoms with Crippen molar-refractivity contribution in [3.05, 3.63) is 53.9 Å². The van der Waals surface area contributed by atoms with Crippen molar-refractivity contribution in [3.63, 3.8) is 0 Å². The average Bonchev–Trinajstić information content (AvgIpc) is 2.54. The molecule has 0 amide bonds. The highest BCUT2D eigenvalue weighted by molar-refractivity contribution is 5.88. The first-order valence-electron chi connectivity index (χ1n) is 7.33. The van der Waals surface area contributed by atoms with Gasteiger partial charge in [-0.2, -0.15) is 4.89 Å². The highest BCUT2D eigenvalue weighted by Crippen LogP contribution is 2.31. The number of fused-ring (bicyclic) bond motifs is 1. The molecule has 2 aromatic rings. The second kappa shape index (κ2) is 7.26. The molecule has 0 saturated carbocycles. The molecule has 1 heterocycles. The van der Waals surface area contributed by atoms with Gasteiger partial charge in [0.15, 0.2) is 5.75 Å². The van der Waals surface area contributed by atoms with Gasteiger partial charge in [-0.3, -0.25) is 0 Å². The Balaban J connectivity index is 2.67. The lowest BCUT2D eigenvalue weighted by Crippen LogP contribution is -2.10. The van der Waals surface area contributed by atoms with E-state index in [9.17, 15) is 0 Å². The lowest BCUT2D eigenvalue weighted by atomic mass is 10.0.